The summed E-state index contributed by atoms with van der Waals surface area (Å²) in [5, 5.41) is 26.2. The van der Waals surface area contributed by atoms with Crippen LogP contribution in [0.3, 0.4) is 0 Å². The third kappa shape index (κ3) is 4.75. The molecule has 0 aromatic heterocycles. The summed E-state index contributed by atoms with van der Waals surface area (Å²) in [6.07, 6.45) is 1.09. The van der Waals surface area contributed by atoms with Gasteiger partial charge in [0.05, 0.1) is 21.8 Å². The SMILES string of the molecule is O=C(N/N=C\c1ccc(O)c([N+](=O)[O-])c1)C(=O)Nc1ccccc1Cl. The van der Waals surface area contributed by atoms with Gasteiger partial charge >= 0.3 is 17.5 Å². The van der Waals surface area contributed by atoms with Crippen LogP contribution >= 0.6 is 11.6 Å². The maximum Gasteiger partial charge on any atom is 0.329 e. The van der Waals surface area contributed by atoms with Crippen molar-refractivity contribution in [3.63, 3.8) is 0 Å². The van der Waals surface area contributed by atoms with Gasteiger partial charge < -0.3 is 10.4 Å². The van der Waals surface area contributed by atoms with Gasteiger partial charge in [0.1, 0.15) is 0 Å². The number of aromatic hydroxyl groups is 1. The maximum atomic E-state index is 11.7. The van der Waals surface area contributed by atoms with Gasteiger partial charge in [-0.25, -0.2) is 5.43 Å². The molecule has 128 valence electrons. The molecule has 0 atom stereocenters. The number of benzene rings is 2. The van der Waals surface area contributed by atoms with E-state index in [-0.39, 0.29) is 16.3 Å². The van der Waals surface area contributed by atoms with Crippen LogP contribution in [0.2, 0.25) is 5.02 Å². The Hall–Kier alpha value is -3.46. The van der Waals surface area contributed by atoms with Crippen molar-refractivity contribution in [1.29, 1.82) is 0 Å². The van der Waals surface area contributed by atoms with E-state index in [1.54, 1.807) is 18.2 Å². The van der Waals surface area contributed by atoms with Crippen molar-refractivity contribution in [3.05, 3.63) is 63.2 Å². The number of hydrogen-bond acceptors (Lipinski definition) is 6. The molecule has 0 saturated carbocycles. The Balaban J connectivity index is 1.98. The molecule has 2 rings (SSSR count). The summed E-state index contributed by atoms with van der Waals surface area (Å²) in [7, 11) is 0. The first-order valence-corrected chi connectivity index (χ1v) is 7.12. The van der Waals surface area contributed by atoms with Gasteiger partial charge in [-0.2, -0.15) is 5.10 Å². The fraction of sp³-hybridized carbons (Fsp3) is 0. The second-order valence-electron chi connectivity index (χ2n) is 4.64. The number of phenols is 1. The van der Waals surface area contributed by atoms with Crippen molar-refractivity contribution in [1.82, 2.24) is 5.43 Å². The monoisotopic (exact) mass is 362 g/mol. The zero-order valence-electron chi connectivity index (χ0n) is 12.5. The van der Waals surface area contributed by atoms with E-state index in [0.717, 1.165) is 18.3 Å². The summed E-state index contributed by atoms with van der Waals surface area (Å²) in [4.78, 5) is 33.3. The normalized spacial score (nSPS) is 10.4. The lowest BCUT2D eigenvalue weighted by atomic mass is 10.2. The first kappa shape index (κ1) is 17.9. The Labute approximate surface area is 146 Å². The van der Waals surface area contributed by atoms with Crippen LogP contribution in [0.4, 0.5) is 11.4 Å². The summed E-state index contributed by atoms with van der Waals surface area (Å²) in [5.41, 5.74) is 1.98. The van der Waals surface area contributed by atoms with Gasteiger partial charge in [-0.1, -0.05) is 23.7 Å². The molecule has 9 nitrogen and oxygen atoms in total. The molecule has 0 aliphatic heterocycles. The zero-order valence-corrected chi connectivity index (χ0v) is 13.2. The van der Waals surface area contributed by atoms with Crippen molar-refractivity contribution in [2.24, 2.45) is 5.10 Å². The van der Waals surface area contributed by atoms with E-state index >= 15 is 0 Å². The molecule has 10 heteroatoms. The molecule has 2 aromatic carbocycles. The van der Waals surface area contributed by atoms with Crippen molar-refractivity contribution < 1.29 is 19.6 Å². The first-order valence-electron chi connectivity index (χ1n) is 6.75. The highest BCUT2D eigenvalue weighted by Gasteiger charge is 2.15. The Morgan fingerprint density at radius 3 is 2.60 bits per heavy atom. The second kappa shape index (κ2) is 7.88. The van der Waals surface area contributed by atoms with Crippen molar-refractivity contribution in [3.8, 4) is 5.75 Å². The van der Waals surface area contributed by atoms with E-state index in [1.165, 1.54) is 12.1 Å². The van der Waals surface area contributed by atoms with E-state index in [9.17, 15) is 24.8 Å². The summed E-state index contributed by atoms with van der Waals surface area (Å²) >= 11 is 5.86. The zero-order chi connectivity index (χ0) is 18.4. The highest BCUT2D eigenvalue weighted by atomic mass is 35.5. The second-order valence-corrected chi connectivity index (χ2v) is 5.05. The lowest BCUT2D eigenvalue weighted by Crippen LogP contribution is -2.32. The smallest absolute Gasteiger partial charge is 0.329 e. The number of rotatable bonds is 4. The standard InChI is InChI=1S/C15H11ClN4O5/c16-10-3-1-2-4-11(10)18-14(22)15(23)19-17-8-9-5-6-13(21)12(7-9)20(24)25/h1-8,21H,(H,18,22)(H,19,23)/b17-8-. The van der Waals surface area contributed by atoms with Gasteiger partial charge in [-0.15, -0.1) is 0 Å². The molecule has 0 radical (unpaired) electrons. The summed E-state index contributed by atoms with van der Waals surface area (Å²) < 4.78 is 0. The molecule has 0 spiro atoms. The first-order chi connectivity index (χ1) is 11.9. The van der Waals surface area contributed by atoms with Gasteiger partial charge in [0.2, 0.25) is 0 Å². The molecule has 0 fully saturated rings. The molecule has 0 unspecified atom stereocenters. The van der Waals surface area contributed by atoms with Crippen LogP contribution in [0.5, 0.6) is 5.75 Å². The highest BCUT2D eigenvalue weighted by Crippen LogP contribution is 2.25. The van der Waals surface area contributed by atoms with Gasteiger partial charge in [0.25, 0.3) is 0 Å². The number of halogens is 1. The molecule has 0 bridgehead atoms. The van der Waals surface area contributed by atoms with E-state index in [0.29, 0.717) is 0 Å². The Morgan fingerprint density at radius 1 is 1.20 bits per heavy atom. The minimum atomic E-state index is -1.05. The predicted octanol–water partition coefficient (Wildman–Crippen LogP) is 2.04. The molecule has 0 heterocycles. The maximum absolute atomic E-state index is 11.7. The fourth-order valence-electron chi connectivity index (χ4n) is 1.72. The van der Waals surface area contributed by atoms with Crippen molar-refractivity contribution in [2.45, 2.75) is 0 Å². The Kier molecular flexibility index (Phi) is 5.64. The van der Waals surface area contributed by atoms with Crippen LogP contribution in [-0.4, -0.2) is 28.1 Å². The molecule has 0 saturated heterocycles. The molecule has 0 aliphatic rings. The number of phenolic OH excluding ortho intramolecular Hbond substituents is 1. The number of amides is 2. The summed E-state index contributed by atoms with van der Waals surface area (Å²) in [6.45, 7) is 0. The van der Waals surface area contributed by atoms with E-state index in [2.05, 4.69) is 10.4 Å². The largest absolute Gasteiger partial charge is 0.502 e. The molecule has 2 aromatic rings. The molecule has 3 N–H and O–H groups in total. The molecule has 25 heavy (non-hydrogen) atoms. The van der Waals surface area contributed by atoms with Crippen LogP contribution < -0.4 is 10.7 Å². The lowest BCUT2D eigenvalue weighted by Gasteiger charge is -2.05. The number of hydrazone groups is 1. The number of nitro benzene ring substituents is 1. The summed E-state index contributed by atoms with van der Waals surface area (Å²) in [5.74, 6) is -2.53. The number of hydrogen-bond donors (Lipinski definition) is 3. The molecular formula is C15H11ClN4O5. The molecule has 0 aliphatic carbocycles. The average molecular weight is 363 g/mol. The summed E-state index contributed by atoms with van der Waals surface area (Å²) in [6, 6.07) is 9.90. The number of nitro groups is 1. The molecule has 2 amide bonds. The third-order valence-electron chi connectivity index (χ3n) is 2.90. The number of carbonyl (C=O) groups is 2. The average Bonchev–Trinajstić information content (AvgIpc) is 2.58. The van der Waals surface area contributed by atoms with Gasteiger partial charge in [0, 0.05) is 11.6 Å². The predicted molar refractivity (Wildman–Crippen MR) is 90.6 cm³/mol. The highest BCUT2D eigenvalue weighted by molar-refractivity contribution is 6.41. The van der Waals surface area contributed by atoms with Crippen molar-refractivity contribution in [2.75, 3.05) is 5.32 Å². The van der Waals surface area contributed by atoms with Crippen LogP contribution in [0.25, 0.3) is 0 Å². The van der Waals surface area contributed by atoms with E-state index in [1.807, 2.05) is 5.43 Å². The number of nitrogens with one attached hydrogen (secondary N) is 2. The third-order valence-corrected chi connectivity index (χ3v) is 3.23. The number of carbonyl (C=O) groups excluding carboxylic acids is 2. The molecular weight excluding hydrogens is 352 g/mol. The lowest BCUT2D eigenvalue weighted by molar-refractivity contribution is -0.385. The van der Waals surface area contributed by atoms with Crippen LogP contribution in [0, 0.1) is 10.1 Å². The Bertz CT molecular complexity index is 869. The minimum Gasteiger partial charge on any atom is -0.502 e. The number of nitrogens with zero attached hydrogens (tertiary/aromatic N) is 2. The Morgan fingerprint density at radius 2 is 1.92 bits per heavy atom. The van der Waals surface area contributed by atoms with Gasteiger partial charge in [0.15, 0.2) is 5.75 Å². The van der Waals surface area contributed by atoms with Gasteiger partial charge in [-0.05, 0) is 24.3 Å². The topological polar surface area (TPSA) is 134 Å². The van der Waals surface area contributed by atoms with Gasteiger partial charge in [-0.3, -0.25) is 19.7 Å². The minimum absolute atomic E-state index is 0.247. The number of anilines is 1. The number of para-hydroxylation sites is 1. The van der Waals surface area contributed by atoms with Crippen LogP contribution in [0.1, 0.15) is 5.56 Å². The van der Waals surface area contributed by atoms with E-state index < -0.39 is 28.2 Å². The van der Waals surface area contributed by atoms with Crippen LogP contribution in [-0.2, 0) is 9.59 Å². The quantitative estimate of drug-likeness (QED) is 0.331. The van der Waals surface area contributed by atoms with Crippen molar-refractivity contribution >= 4 is 41.0 Å². The van der Waals surface area contributed by atoms with E-state index in [4.69, 9.17) is 11.6 Å². The fourth-order valence-corrected chi connectivity index (χ4v) is 1.91. The van der Waals surface area contributed by atoms with Crippen LogP contribution in [0.15, 0.2) is 47.6 Å².